The average Bonchev–Trinajstić information content (AvgIpc) is 3.03. The molecule has 1 aliphatic rings. The molecule has 10 heteroatoms. The number of benzene rings is 1. The smallest absolute Gasteiger partial charge is 0.325 e. The van der Waals surface area contributed by atoms with Gasteiger partial charge in [-0.05, 0) is 31.9 Å². The van der Waals surface area contributed by atoms with Gasteiger partial charge in [-0.15, -0.1) is 0 Å². The molecule has 2 amide bonds. The van der Waals surface area contributed by atoms with E-state index in [9.17, 15) is 27.2 Å². The van der Waals surface area contributed by atoms with Gasteiger partial charge in [0.05, 0.1) is 17.1 Å². The Morgan fingerprint density at radius 1 is 1.31 bits per heavy atom. The number of rotatable bonds is 8. The highest BCUT2D eigenvalue weighted by molar-refractivity contribution is 7.91. The lowest BCUT2D eigenvalue weighted by molar-refractivity contribution is -0.153. The summed E-state index contributed by atoms with van der Waals surface area (Å²) in [5, 5.41) is 2.23. The highest BCUT2D eigenvalue weighted by Crippen LogP contribution is 2.21. The number of nitrogens with zero attached hydrogens (tertiary/aromatic N) is 1. The monoisotopic (exact) mass is 428 g/mol. The highest BCUT2D eigenvalue weighted by Gasteiger charge is 2.36. The third-order valence-corrected chi connectivity index (χ3v) is 6.57. The number of carbonyl (C=O) groups is 3. The van der Waals surface area contributed by atoms with Crippen molar-refractivity contribution in [2.45, 2.75) is 38.8 Å². The largest absolute Gasteiger partial charge is 0.454 e. The number of esters is 1. The lowest BCUT2D eigenvalue weighted by atomic mass is 10.1. The van der Waals surface area contributed by atoms with Gasteiger partial charge >= 0.3 is 5.97 Å². The molecule has 160 valence electrons. The molecule has 29 heavy (non-hydrogen) atoms. The standard InChI is InChI=1S/C19H25FN2O6S/c1-3-13(2)22(14-8-9-29(26,27)12-14)17(23)11-28-18(24)10-21-19(25)15-6-4-5-7-16(15)20/h4-7,13-14H,3,8-12H2,1-2H3,(H,21,25)/t13-,14+/m1/s1. The molecule has 2 atom stereocenters. The van der Waals surface area contributed by atoms with Crippen LogP contribution < -0.4 is 5.32 Å². The molecular weight excluding hydrogens is 403 g/mol. The Bertz CT molecular complexity index is 873. The summed E-state index contributed by atoms with van der Waals surface area (Å²) in [5.41, 5.74) is -0.207. The predicted molar refractivity (Wildman–Crippen MR) is 103 cm³/mol. The summed E-state index contributed by atoms with van der Waals surface area (Å²) in [7, 11) is -3.17. The molecule has 1 aromatic rings. The summed E-state index contributed by atoms with van der Waals surface area (Å²) in [6.07, 6.45) is 0.972. The SMILES string of the molecule is CC[C@@H](C)N(C(=O)COC(=O)CNC(=O)c1ccccc1F)[C@H]1CCS(=O)(=O)C1. The van der Waals surface area contributed by atoms with E-state index in [-0.39, 0.29) is 23.1 Å². The van der Waals surface area contributed by atoms with Gasteiger partial charge in [-0.3, -0.25) is 14.4 Å². The number of hydrogen-bond acceptors (Lipinski definition) is 6. The van der Waals surface area contributed by atoms with E-state index in [1.165, 1.54) is 23.1 Å². The second-order valence-electron chi connectivity index (χ2n) is 6.94. The van der Waals surface area contributed by atoms with Crippen molar-refractivity contribution in [3.05, 3.63) is 35.6 Å². The van der Waals surface area contributed by atoms with E-state index in [2.05, 4.69) is 5.32 Å². The summed E-state index contributed by atoms with van der Waals surface area (Å²) in [4.78, 5) is 37.8. The van der Waals surface area contributed by atoms with Gasteiger partial charge in [-0.2, -0.15) is 0 Å². The number of carbonyl (C=O) groups excluding carboxylic acids is 3. The van der Waals surface area contributed by atoms with Gasteiger partial charge in [0, 0.05) is 12.1 Å². The summed E-state index contributed by atoms with van der Waals surface area (Å²) < 4.78 is 42.0. The molecular formula is C19H25FN2O6S. The molecule has 1 saturated heterocycles. The van der Waals surface area contributed by atoms with E-state index < -0.39 is 52.6 Å². The molecule has 0 bridgehead atoms. The number of hydrogen-bond donors (Lipinski definition) is 1. The van der Waals surface area contributed by atoms with Gasteiger partial charge in [0.25, 0.3) is 11.8 Å². The molecule has 1 aromatic carbocycles. The molecule has 1 aliphatic heterocycles. The van der Waals surface area contributed by atoms with Gasteiger partial charge < -0.3 is 15.0 Å². The third kappa shape index (κ3) is 6.25. The van der Waals surface area contributed by atoms with E-state index in [1.807, 2.05) is 6.92 Å². The molecule has 2 rings (SSSR count). The summed E-state index contributed by atoms with van der Waals surface area (Å²) >= 11 is 0. The highest BCUT2D eigenvalue weighted by atomic mass is 32.2. The van der Waals surface area contributed by atoms with Crippen LogP contribution in [0.1, 0.15) is 37.0 Å². The van der Waals surface area contributed by atoms with E-state index >= 15 is 0 Å². The lowest BCUT2D eigenvalue weighted by Gasteiger charge is -2.33. The van der Waals surface area contributed by atoms with Crippen molar-refractivity contribution in [1.82, 2.24) is 10.2 Å². The lowest BCUT2D eigenvalue weighted by Crippen LogP contribution is -2.48. The Morgan fingerprint density at radius 3 is 2.59 bits per heavy atom. The first-order valence-corrected chi connectivity index (χ1v) is 11.2. The molecule has 0 unspecified atom stereocenters. The fraction of sp³-hybridized carbons (Fsp3) is 0.526. The summed E-state index contributed by atoms with van der Waals surface area (Å²) in [5.74, 6) is -2.91. The molecule has 0 aliphatic carbocycles. The van der Waals surface area contributed by atoms with Gasteiger partial charge in [-0.1, -0.05) is 19.1 Å². The van der Waals surface area contributed by atoms with Crippen LogP contribution in [0, 0.1) is 5.82 Å². The van der Waals surface area contributed by atoms with E-state index in [0.29, 0.717) is 12.8 Å². The molecule has 0 aromatic heterocycles. The second kappa shape index (κ2) is 9.82. The van der Waals surface area contributed by atoms with Crippen LogP contribution in [0.25, 0.3) is 0 Å². The normalized spacial score (nSPS) is 18.7. The van der Waals surface area contributed by atoms with Crippen LogP contribution in [0.3, 0.4) is 0 Å². The van der Waals surface area contributed by atoms with Gasteiger partial charge in [-0.25, -0.2) is 12.8 Å². The minimum Gasteiger partial charge on any atom is -0.454 e. The quantitative estimate of drug-likeness (QED) is 0.617. The van der Waals surface area contributed by atoms with Crippen molar-refractivity contribution in [3.63, 3.8) is 0 Å². The Hall–Kier alpha value is -2.49. The van der Waals surface area contributed by atoms with E-state index in [4.69, 9.17) is 4.74 Å². The van der Waals surface area contributed by atoms with E-state index in [1.54, 1.807) is 6.92 Å². The Labute approximate surface area is 169 Å². The van der Waals surface area contributed by atoms with Crippen LogP contribution in [0.2, 0.25) is 0 Å². The van der Waals surface area contributed by atoms with Gasteiger partial charge in [0.15, 0.2) is 16.4 Å². The first kappa shape index (κ1) is 22.8. The second-order valence-corrected chi connectivity index (χ2v) is 9.17. The maximum absolute atomic E-state index is 13.5. The van der Waals surface area contributed by atoms with Crippen molar-refractivity contribution in [3.8, 4) is 0 Å². The topological polar surface area (TPSA) is 110 Å². The average molecular weight is 428 g/mol. The first-order valence-electron chi connectivity index (χ1n) is 9.34. The summed E-state index contributed by atoms with van der Waals surface area (Å²) in [6, 6.07) is 4.67. The molecule has 8 nitrogen and oxygen atoms in total. The van der Waals surface area contributed by atoms with Gasteiger partial charge in [0.2, 0.25) is 0 Å². The zero-order valence-electron chi connectivity index (χ0n) is 16.4. The van der Waals surface area contributed by atoms with E-state index in [0.717, 1.165) is 6.07 Å². The Kier molecular flexibility index (Phi) is 7.72. The predicted octanol–water partition coefficient (Wildman–Crippen LogP) is 0.913. The number of nitrogens with one attached hydrogen (secondary N) is 1. The van der Waals surface area contributed by atoms with Crippen LogP contribution in [0.15, 0.2) is 24.3 Å². The van der Waals surface area contributed by atoms with Crippen LogP contribution in [0.4, 0.5) is 4.39 Å². The number of sulfone groups is 1. The van der Waals surface area contributed by atoms with Crippen molar-refractivity contribution in [1.29, 1.82) is 0 Å². The molecule has 1 heterocycles. The number of halogens is 1. The first-order chi connectivity index (χ1) is 13.6. The maximum atomic E-state index is 13.5. The zero-order valence-corrected chi connectivity index (χ0v) is 17.2. The van der Waals surface area contributed by atoms with Crippen LogP contribution in [-0.2, 0) is 24.2 Å². The molecule has 1 fully saturated rings. The van der Waals surface area contributed by atoms with Gasteiger partial charge in [0.1, 0.15) is 12.4 Å². The molecule has 1 N–H and O–H groups in total. The van der Waals surface area contributed by atoms with Crippen molar-refractivity contribution >= 4 is 27.6 Å². The van der Waals surface area contributed by atoms with Crippen molar-refractivity contribution in [2.75, 3.05) is 24.7 Å². The minimum atomic E-state index is -3.17. The third-order valence-electron chi connectivity index (χ3n) is 4.82. The van der Waals surface area contributed by atoms with Crippen LogP contribution in [-0.4, -0.2) is 67.8 Å². The number of amides is 2. The number of ether oxygens (including phenoxy) is 1. The fourth-order valence-corrected chi connectivity index (χ4v) is 4.87. The summed E-state index contributed by atoms with van der Waals surface area (Å²) in [6.45, 7) is 2.59. The maximum Gasteiger partial charge on any atom is 0.325 e. The molecule has 0 radical (unpaired) electrons. The van der Waals surface area contributed by atoms with Crippen molar-refractivity contribution in [2.24, 2.45) is 0 Å². The molecule has 0 spiro atoms. The molecule has 0 saturated carbocycles. The Morgan fingerprint density at radius 2 is 2.00 bits per heavy atom. The van der Waals surface area contributed by atoms with Crippen molar-refractivity contribution < 1.29 is 31.9 Å². The fourth-order valence-electron chi connectivity index (χ4n) is 3.16. The van der Waals surface area contributed by atoms with Crippen LogP contribution >= 0.6 is 0 Å². The minimum absolute atomic E-state index is 0.0275. The zero-order chi connectivity index (χ0) is 21.6. The van der Waals surface area contributed by atoms with Crippen LogP contribution in [0.5, 0.6) is 0 Å². The Balaban J connectivity index is 1.88.